The van der Waals surface area contributed by atoms with E-state index in [0.717, 1.165) is 26.1 Å². The van der Waals surface area contributed by atoms with Crippen molar-refractivity contribution in [2.75, 3.05) is 44.2 Å². The fraction of sp³-hybridized carbons (Fsp3) is 0.625. The molecule has 0 aromatic heterocycles. The molecule has 2 fully saturated rings. The summed E-state index contributed by atoms with van der Waals surface area (Å²) in [7, 11) is 0. The van der Waals surface area contributed by atoms with Crippen molar-refractivity contribution in [3.63, 3.8) is 0 Å². The number of carbonyl (C=O) groups is 3. The van der Waals surface area contributed by atoms with E-state index in [4.69, 9.17) is 0 Å². The minimum absolute atomic E-state index is 0.00682. The summed E-state index contributed by atoms with van der Waals surface area (Å²) in [5, 5.41) is 0. The van der Waals surface area contributed by atoms with E-state index >= 15 is 0 Å². The Bertz CT molecular complexity index is 885. The summed E-state index contributed by atoms with van der Waals surface area (Å²) in [6, 6.07) is 7.22. The Morgan fingerprint density at radius 1 is 1.06 bits per heavy atom. The van der Waals surface area contributed by atoms with Crippen LogP contribution in [0.15, 0.2) is 24.3 Å². The van der Waals surface area contributed by atoms with Crippen LogP contribution < -0.4 is 4.90 Å². The van der Waals surface area contributed by atoms with Crippen LogP contribution in [0.2, 0.25) is 0 Å². The van der Waals surface area contributed by atoms with Crippen molar-refractivity contribution in [1.29, 1.82) is 0 Å². The van der Waals surface area contributed by atoms with Gasteiger partial charge in [0.15, 0.2) is 0 Å². The highest BCUT2D eigenvalue weighted by Crippen LogP contribution is 2.43. The third-order valence-electron chi connectivity index (χ3n) is 6.94. The van der Waals surface area contributed by atoms with Crippen molar-refractivity contribution < 1.29 is 14.4 Å². The van der Waals surface area contributed by atoms with Crippen molar-refractivity contribution in [2.45, 2.75) is 52.6 Å². The molecular weight excluding hydrogens is 392 g/mol. The monoisotopic (exact) mass is 426 g/mol. The van der Waals surface area contributed by atoms with Crippen LogP contribution in [0.25, 0.3) is 0 Å². The van der Waals surface area contributed by atoms with Gasteiger partial charge in [-0.1, -0.05) is 32.9 Å². The zero-order chi connectivity index (χ0) is 22.4. The highest BCUT2D eigenvalue weighted by Gasteiger charge is 2.53. The van der Waals surface area contributed by atoms with Crippen molar-refractivity contribution >= 4 is 23.4 Å². The maximum absolute atomic E-state index is 13.3. The first kappa shape index (κ1) is 21.8. The number of hydrogen-bond donors (Lipinski definition) is 0. The zero-order valence-corrected chi connectivity index (χ0v) is 19.2. The standard InChI is InChI=1S/C24H34N4O3/c1-23(2,3)11-12-25-13-15-26(16-14-25)21(30)17-27-22(31)18-7-5-6-8-19(18)28-20(29)9-10-24(27,28)4/h5-8H,9-17H2,1-4H3. The van der Waals surface area contributed by atoms with Crippen LogP contribution in [-0.4, -0.2) is 77.4 Å². The second kappa shape index (κ2) is 7.93. The van der Waals surface area contributed by atoms with Gasteiger partial charge in [0.05, 0.1) is 11.3 Å². The van der Waals surface area contributed by atoms with E-state index in [9.17, 15) is 14.4 Å². The first-order valence-electron chi connectivity index (χ1n) is 11.3. The van der Waals surface area contributed by atoms with E-state index in [0.29, 0.717) is 42.6 Å². The number of amides is 3. The third-order valence-corrected chi connectivity index (χ3v) is 6.94. The molecule has 0 aliphatic carbocycles. The first-order chi connectivity index (χ1) is 14.6. The number of rotatable bonds is 4. The maximum atomic E-state index is 13.3. The van der Waals surface area contributed by atoms with Gasteiger partial charge in [-0.2, -0.15) is 0 Å². The molecule has 7 nitrogen and oxygen atoms in total. The molecule has 1 aromatic carbocycles. The number of piperazine rings is 1. The molecule has 1 aromatic rings. The van der Waals surface area contributed by atoms with E-state index in [1.165, 1.54) is 0 Å². The lowest BCUT2D eigenvalue weighted by atomic mass is 9.92. The number of fused-ring (bicyclic) bond motifs is 3. The summed E-state index contributed by atoms with van der Waals surface area (Å²) in [6.45, 7) is 12.8. The molecule has 0 bridgehead atoms. The van der Waals surface area contributed by atoms with Crippen molar-refractivity contribution in [3.8, 4) is 0 Å². The topological polar surface area (TPSA) is 64.2 Å². The second-order valence-electron chi connectivity index (χ2n) is 10.4. The van der Waals surface area contributed by atoms with E-state index in [2.05, 4.69) is 25.7 Å². The van der Waals surface area contributed by atoms with Crippen molar-refractivity contribution in [3.05, 3.63) is 29.8 Å². The fourth-order valence-corrected chi connectivity index (χ4v) is 4.89. The molecular formula is C24H34N4O3. The normalized spacial score (nSPS) is 24.5. The van der Waals surface area contributed by atoms with Gasteiger partial charge in [-0.05, 0) is 43.9 Å². The molecule has 168 valence electrons. The van der Waals surface area contributed by atoms with Gasteiger partial charge in [0, 0.05) is 32.6 Å². The number of benzene rings is 1. The first-order valence-corrected chi connectivity index (χ1v) is 11.3. The Hall–Kier alpha value is -2.41. The van der Waals surface area contributed by atoms with Gasteiger partial charge in [-0.3, -0.25) is 24.2 Å². The maximum Gasteiger partial charge on any atom is 0.258 e. The van der Waals surface area contributed by atoms with Gasteiger partial charge in [-0.15, -0.1) is 0 Å². The number of carbonyl (C=O) groups excluding carboxylic acids is 3. The Labute approximate surface area is 185 Å². The summed E-state index contributed by atoms with van der Waals surface area (Å²) >= 11 is 0. The predicted octanol–water partition coefficient (Wildman–Crippen LogP) is 2.57. The van der Waals surface area contributed by atoms with Crippen LogP contribution in [-0.2, 0) is 9.59 Å². The lowest BCUT2D eigenvalue weighted by Crippen LogP contribution is -2.64. The average Bonchev–Trinajstić information content (AvgIpc) is 3.05. The molecule has 0 N–H and O–H groups in total. The zero-order valence-electron chi connectivity index (χ0n) is 19.2. The smallest absolute Gasteiger partial charge is 0.258 e. The van der Waals surface area contributed by atoms with Crippen molar-refractivity contribution in [1.82, 2.24) is 14.7 Å². The summed E-state index contributed by atoms with van der Waals surface area (Å²) < 4.78 is 0. The third kappa shape index (κ3) is 4.07. The Morgan fingerprint density at radius 2 is 1.74 bits per heavy atom. The van der Waals surface area contributed by atoms with E-state index in [-0.39, 0.29) is 24.3 Å². The summed E-state index contributed by atoms with van der Waals surface area (Å²) in [4.78, 5) is 46.8. The minimum Gasteiger partial charge on any atom is -0.339 e. The lowest BCUT2D eigenvalue weighted by Gasteiger charge is -2.49. The van der Waals surface area contributed by atoms with Gasteiger partial charge >= 0.3 is 0 Å². The van der Waals surface area contributed by atoms with Gasteiger partial charge in [0.25, 0.3) is 5.91 Å². The summed E-state index contributed by atoms with van der Waals surface area (Å²) in [5.74, 6) is -0.197. The van der Waals surface area contributed by atoms with Gasteiger partial charge < -0.3 is 9.80 Å². The molecule has 3 heterocycles. The molecule has 3 aliphatic heterocycles. The number of nitrogens with zero attached hydrogens (tertiary/aromatic N) is 4. The Balaban J connectivity index is 1.45. The SMILES string of the molecule is CC(C)(C)CCN1CCN(C(=O)CN2C(=O)c3ccccc3N3C(=O)CCC23C)CC1. The summed E-state index contributed by atoms with van der Waals surface area (Å²) in [6.07, 6.45) is 2.06. The minimum atomic E-state index is -0.785. The number of anilines is 1. The quantitative estimate of drug-likeness (QED) is 0.742. The molecule has 3 aliphatic rings. The number of para-hydroxylation sites is 1. The molecule has 0 saturated carbocycles. The number of hydrogen-bond acceptors (Lipinski definition) is 4. The van der Waals surface area contributed by atoms with E-state index in [1.807, 2.05) is 24.0 Å². The molecule has 31 heavy (non-hydrogen) atoms. The van der Waals surface area contributed by atoms with Gasteiger partial charge in [0.2, 0.25) is 11.8 Å². The van der Waals surface area contributed by atoms with Crippen LogP contribution in [0.1, 0.15) is 57.3 Å². The Morgan fingerprint density at radius 3 is 2.42 bits per heavy atom. The molecule has 1 atom stereocenters. The highest BCUT2D eigenvalue weighted by atomic mass is 16.2. The Kier molecular flexibility index (Phi) is 5.58. The van der Waals surface area contributed by atoms with E-state index < -0.39 is 5.66 Å². The highest BCUT2D eigenvalue weighted by molar-refractivity contribution is 6.11. The van der Waals surface area contributed by atoms with Gasteiger partial charge in [0.1, 0.15) is 12.2 Å². The van der Waals surface area contributed by atoms with Crippen LogP contribution in [0.3, 0.4) is 0 Å². The molecule has 7 heteroatoms. The van der Waals surface area contributed by atoms with E-state index in [1.54, 1.807) is 21.9 Å². The van der Waals surface area contributed by atoms with Crippen LogP contribution in [0.4, 0.5) is 5.69 Å². The summed E-state index contributed by atoms with van der Waals surface area (Å²) in [5.41, 5.74) is 0.675. The van der Waals surface area contributed by atoms with Crippen LogP contribution in [0.5, 0.6) is 0 Å². The molecule has 0 radical (unpaired) electrons. The molecule has 0 spiro atoms. The molecule has 4 rings (SSSR count). The second-order valence-corrected chi connectivity index (χ2v) is 10.4. The fourth-order valence-electron chi connectivity index (χ4n) is 4.89. The predicted molar refractivity (Wildman–Crippen MR) is 120 cm³/mol. The van der Waals surface area contributed by atoms with Crippen LogP contribution in [0, 0.1) is 5.41 Å². The van der Waals surface area contributed by atoms with Gasteiger partial charge in [-0.25, -0.2) is 0 Å². The lowest BCUT2D eigenvalue weighted by molar-refractivity contribution is -0.135. The molecule has 2 saturated heterocycles. The largest absolute Gasteiger partial charge is 0.339 e. The average molecular weight is 427 g/mol. The molecule has 3 amide bonds. The van der Waals surface area contributed by atoms with Crippen LogP contribution >= 0.6 is 0 Å². The molecule has 1 unspecified atom stereocenters. The van der Waals surface area contributed by atoms with Crippen molar-refractivity contribution in [2.24, 2.45) is 5.41 Å².